The van der Waals surface area contributed by atoms with Crippen molar-refractivity contribution in [1.29, 1.82) is 0 Å². The summed E-state index contributed by atoms with van der Waals surface area (Å²) in [6, 6.07) is 14.0. The Kier molecular flexibility index (Phi) is 2.82. The van der Waals surface area contributed by atoms with E-state index < -0.39 is 0 Å². The van der Waals surface area contributed by atoms with Crippen molar-refractivity contribution in [3.63, 3.8) is 0 Å². The van der Waals surface area contributed by atoms with Crippen LogP contribution in [0.5, 0.6) is 11.5 Å². The molecule has 0 fully saturated rings. The molecular formula is C14H13O2. The molecule has 1 N–H and O–H groups in total. The van der Waals surface area contributed by atoms with Crippen molar-refractivity contribution < 1.29 is 9.84 Å². The number of hydrogen-bond acceptors (Lipinski definition) is 2. The molecule has 0 unspecified atom stereocenters. The number of hydrogen-bond donors (Lipinski definition) is 1. The van der Waals surface area contributed by atoms with Crippen LogP contribution in [0.2, 0.25) is 0 Å². The standard InChI is InChI=1S/C14H13O2/c1-10-5-3-8-13(14(10)16-2)11-6-4-7-12(15)9-11/h3-4,6-9,15H,1-2H3. The number of phenols is 1. The van der Waals surface area contributed by atoms with Gasteiger partial charge in [-0.1, -0.05) is 24.3 Å². The molecule has 2 aromatic rings. The average Bonchev–Trinajstić information content (AvgIpc) is 2.28. The lowest BCUT2D eigenvalue weighted by Crippen LogP contribution is -1.91. The Morgan fingerprint density at radius 3 is 2.75 bits per heavy atom. The SMILES string of the molecule is COc1c(C)[c]ccc1-c1cccc(O)c1. The highest BCUT2D eigenvalue weighted by Crippen LogP contribution is 2.33. The van der Waals surface area contributed by atoms with Crippen LogP contribution in [0.25, 0.3) is 11.1 Å². The minimum atomic E-state index is 0.255. The predicted molar refractivity (Wildman–Crippen MR) is 63.7 cm³/mol. The molecule has 0 saturated carbocycles. The highest BCUT2D eigenvalue weighted by atomic mass is 16.5. The molecule has 0 spiro atoms. The summed E-state index contributed by atoms with van der Waals surface area (Å²) in [7, 11) is 1.64. The second-order valence-corrected chi connectivity index (χ2v) is 3.60. The van der Waals surface area contributed by atoms with Crippen LogP contribution in [-0.2, 0) is 0 Å². The maximum atomic E-state index is 9.46. The van der Waals surface area contributed by atoms with E-state index in [1.807, 2.05) is 31.2 Å². The number of phenolic OH excluding ortho intramolecular Hbond substituents is 1. The molecule has 1 radical (unpaired) electrons. The van der Waals surface area contributed by atoms with Gasteiger partial charge in [0, 0.05) is 5.56 Å². The predicted octanol–water partition coefficient (Wildman–Crippen LogP) is 3.18. The van der Waals surface area contributed by atoms with Gasteiger partial charge in [-0.05, 0) is 36.2 Å². The summed E-state index contributed by atoms with van der Waals surface area (Å²) in [6.07, 6.45) is 0. The number of aryl methyl sites for hydroxylation is 1. The quantitative estimate of drug-likeness (QED) is 0.830. The second-order valence-electron chi connectivity index (χ2n) is 3.60. The molecule has 2 rings (SSSR count). The number of benzene rings is 2. The molecule has 0 atom stereocenters. The zero-order chi connectivity index (χ0) is 11.5. The third kappa shape index (κ3) is 1.87. The molecule has 0 heterocycles. The Bertz CT molecular complexity index is 504. The van der Waals surface area contributed by atoms with Gasteiger partial charge < -0.3 is 9.84 Å². The highest BCUT2D eigenvalue weighted by molar-refractivity contribution is 5.72. The van der Waals surface area contributed by atoms with Gasteiger partial charge in [0.1, 0.15) is 11.5 Å². The van der Waals surface area contributed by atoms with E-state index in [-0.39, 0.29) is 5.75 Å². The van der Waals surface area contributed by atoms with Gasteiger partial charge in [-0.25, -0.2) is 0 Å². The zero-order valence-electron chi connectivity index (χ0n) is 9.32. The maximum absolute atomic E-state index is 9.46. The number of ether oxygens (including phenoxy) is 1. The molecule has 2 aromatic carbocycles. The first-order valence-electron chi connectivity index (χ1n) is 5.07. The monoisotopic (exact) mass is 213 g/mol. The molecule has 0 bridgehead atoms. The fourth-order valence-electron chi connectivity index (χ4n) is 1.76. The van der Waals surface area contributed by atoms with Crippen molar-refractivity contribution in [1.82, 2.24) is 0 Å². The molecule has 0 saturated heterocycles. The van der Waals surface area contributed by atoms with E-state index in [9.17, 15) is 5.11 Å². The summed E-state index contributed by atoms with van der Waals surface area (Å²) in [5.74, 6) is 1.05. The van der Waals surface area contributed by atoms with Crippen molar-refractivity contribution in [2.75, 3.05) is 7.11 Å². The molecule has 0 aromatic heterocycles. The number of rotatable bonds is 2. The van der Waals surface area contributed by atoms with Gasteiger partial charge in [-0.15, -0.1) is 0 Å². The Morgan fingerprint density at radius 1 is 1.25 bits per heavy atom. The zero-order valence-corrected chi connectivity index (χ0v) is 9.32. The molecular weight excluding hydrogens is 200 g/mol. The molecule has 0 aliphatic carbocycles. The number of aromatic hydroxyl groups is 1. The summed E-state index contributed by atoms with van der Waals surface area (Å²) in [5.41, 5.74) is 2.87. The molecule has 0 aliphatic rings. The van der Waals surface area contributed by atoms with Crippen molar-refractivity contribution in [2.45, 2.75) is 6.92 Å². The van der Waals surface area contributed by atoms with Crippen LogP contribution in [0, 0.1) is 13.0 Å². The van der Waals surface area contributed by atoms with E-state index in [1.54, 1.807) is 19.2 Å². The third-order valence-electron chi connectivity index (χ3n) is 2.50. The second kappa shape index (κ2) is 4.27. The largest absolute Gasteiger partial charge is 0.508 e. The molecule has 81 valence electrons. The molecule has 2 heteroatoms. The van der Waals surface area contributed by atoms with Crippen molar-refractivity contribution in [3.05, 3.63) is 48.0 Å². The molecule has 0 aliphatic heterocycles. The first-order valence-corrected chi connectivity index (χ1v) is 5.07. The Hall–Kier alpha value is -1.96. The van der Waals surface area contributed by atoms with Crippen LogP contribution in [-0.4, -0.2) is 12.2 Å². The Labute approximate surface area is 95.1 Å². The van der Waals surface area contributed by atoms with E-state index in [0.717, 1.165) is 22.4 Å². The van der Waals surface area contributed by atoms with E-state index >= 15 is 0 Å². The number of methoxy groups -OCH3 is 1. The summed E-state index contributed by atoms with van der Waals surface area (Å²) in [5, 5.41) is 9.46. The van der Waals surface area contributed by atoms with E-state index in [0.29, 0.717) is 0 Å². The summed E-state index contributed by atoms with van der Waals surface area (Å²) >= 11 is 0. The van der Waals surface area contributed by atoms with E-state index in [2.05, 4.69) is 6.07 Å². The smallest absolute Gasteiger partial charge is 0.130 e. The topological polar surface area (TPSA) is 29.5 Å². The lowest BCUT2D eigenvalue weighted by molar-refractivity contribution is 0.413. The fraction of sp³-hybridized carbons (Fsp3) is 0.143. The van der Waals surface area contributed by atoms with Crippen LogP contribution < -0.4 is 4.74 Å². The van der Waals surface area contributed by atoms with Crippen LogP contribution in [0.1, 0.15) is 5.56 Å². The summed E-state index contributed by atoms with van der Waals surface area (Å²) < 4.78 is 5.36. The van der Waals surface area contributed by atoms with Crippen molar-refractivity contribution in [3.8, 4) is 22.6 Å². The average molecular weight is 213 g/mol. The molecule has 0 amide bonds. The van der Waals surface area contributed by atoms with Crippen LogP contribution in [0.4, 0.5) is 0 Å². The van der Waals surface area contributed by atoms with Gasteiger partial charge >= 0.3 is 0 Å². The van der Waals surface area contributed by atoms with Gasteiger partial charge in [-0.3, -0.25) is 0 Å². The van der Waals surface area contributed by atoms with Gasteiger partial charge in [0.25, 0.3) is 0 Å². The van der Waals surface area contributed by atoms with E-state index in [1.165, 1.54) is 0 Å². The highest BCUT2D eigenvalue weighted by Gasteiger charge is 2.08. The van der Waals surface area contributed by atoms with E-state index in [4.69, 9.17) is 4.74 Å². The Balaban J connectivity index is 2.60. The lowest BCUT2D eigenvalue weighted by Gasteiger charge is -2.11. The summed E-state index contributed by atoms with van der Waals surface area (Å²) in [4.78, 5) is 0. The minimum Gasteiger partial charge on any atom is -0.508 e. The molecule has 16 heavy (non-hydrogen) atoms. The van der Waals surface area contributed by atoms with Gasteiger partial charge in [0.2, 0.25) is 0 Å². The van der Waals surface area contributed by atoms with Crippen LogP contribution >= 0.6 is 0 Å². The van der Waals surface area contributed by atoms with Gasteiger partial charge in [-0.2, -0.15) is 0 Å². The van der Waals surface area contributed by atoms with Crippen LogP contribution in [0.3, 0.4) is 0 Å². The van der Waals surface area contributed by atoms with Crippen LogP contribution in [0.15, 0.2) is 36.4 Å². The normalized spacial score (nSPS) is 10.1. The van der Waals surface area contributed by atoms with Gasteiger partial charge in [0.05, 0.1) is 7.11 Å². The van der Waals surface area contributed by atoms with Crippen molar-refractivity contribution in [2.24, 2.45) is 0 Å². The minimum absolute atomic E-state index is 0.255. The Morgan fingerprint density at radius 2 is 2.06 bits per heavy atom. The molecule has 2 nitrogen and oxygen atoms in total. The fourth-order valence-corrected chi connectivity index (χ4v) is 1.76. The maximum Gasteiger partial charge on any atom is 0.130 e. The first-order chi connectivity index (χ1) is 7.72. The summed E-state index contributed by atoms with van der Waals surface area (Å²) in [6.45, 7) is 1.95. The van der Waals surface area contributed by atoms with Crippen molar-refractivity contribution >= 4 is 0 Å². The third-order valence-corrected chi connectivity index (χ3v) is 2.50. The van der Waals surface area contributed by atoms with Gasteiger partial charge in [0.15, 0.2) is 0 Å². The lowest BCUT2D eigenvalue weighted by atomic mass is 10.0. The first kappa shape index (κ1) is 10.6.